The van der Waals surface area contributed by atoms with Crippen molar-refractivity contribution < 1.29 is 34.4 Å². The first-order valence-corrected chi connectivity index (χ1v) is 8.39. The van der Waals surface area contributed by atoms with Crippen LogP contribution in [0.3, 0.4) is 0 Å². The number of carbonyl (C=O) groups is 3. The predicted octanol–water partition coefficient (Wildman–Crippen LogP) is 0.345. The van der Waals surface area contributed by atoms with Crippen LogP contribution in [0.5, 0.6) is 0 Å². The molecule has 1 aliphatic heterocycles. The van der Waals surface area contributed by atoms with Crippen molar-refractivity contribution >= 4 is 17.8 Å². The number of amides is 1. The second kappa shape index (κ2) is 9.58. The van der Waals surface area contributed by atoms with Gasteiger partial charge in [-0.05, 0) is 19.3 Å². The maximum atomic E-state index is 12.2. The van der Waals surface area contributed by atoms with E-state index < -0.39 is 42.7 Å². The van der Waals surface area contributed by atoms with Crippen LogP contribution in [0.1, 0.15) is 58.3 Å². The highest BCUT2D eigenvalue weighted by molar-refractivity contribution is 5.90. The Balaban J connectivity index is 2.85. The minimum Gasteiger partial charge on any atom is -0.478 e. The smallest absolute Gasteiger partial charge is 0.348 e. The minimum atomic E-state index is -1.90. The van der Waals surface area contributed by atoms with E-state index in [4.69, 9.17) is 9.84 Å². The van der Waals surface area contributed by atoms with Crippen molar-refractivity contribution in [2.75, 3.05) is 6.61 Å². The fraction of sp³-hybridized carbons (Fsp3) is 0.812. The van der Waals surface area contributed by atoms with Crippen LogP contribution in [0.25, 0.3) is 0 Å². The van der Waals surface area contributed by atoms with Gasteiger partial charge in [0, 0.05) is 12.8 Å². The zero-order chi connectivity index (χ0) is 18.2. The first kappa shape index (κ1) is 20.4. The van der Waals surface area contributed by atoms with Gasteiger partial charge in [0.25, 0.3) is 0 Å². The molecule has 1 heterocycles. The van der Waals surface area contributed by atoms with Crippen LogP contribution in [0, 0.1) is 0 Å². The highest BCUT2D eigenvalue weighted by Gasteiger charge is 2.45. The molecule has 2 unspecified atom stereocenters. The lowest BCUT2D eigenvalue weighted by atomic mass is 9.89. The molecule has 4 N–H and O–H groups in total. The average molecular weight is 345 g/mol. The third-order valence-electron chi connectivity index (χ3n) is 4.18. The highest BCUT2D eigenvalue weighted by atomic mass is 16.6. The van der Waals surface area contributed by atoms with Crippen molar-refractivity contribution in [3.63, 3.8) is 0 Å². The lowest BCUT2D eigenvalue weighted by molar-refractivity contribution is -0.185. The topological polar surface area (TPSA) is 133 Å². The molecule has 0 aromatic rings. The Morgan fingerprint density at radius 1 is 1.38 bits per heavy atom. The van der Waals surface area contributed by atoms with E-state index in [0.29, 0.717) is 6.42 Å². The maximum Gasteiger partial charge on any atom is 0.348 e. The van der Waals surface area contributed by atoms with Crippen LogP contribution >= 0.6 is 0 Å². The van der Waals surface area contributed by atoms with Crippen LogP contribution < -0.4 is 5.32 Å². The molecule has 0 saturated carbocycles. The van der Waals surface area contributed by atoms with Gasteiger partial charge in [0.2, 0.25) is 11.5 Å². The monoisotopic (exact) mass is 345 g/mol. The van der Waals surface area contributed by atoms with Crippen LogP contribution in [0.15, 0.2) is 0 Å². The minimum absolute atomic E-state index is 0.0474. The molecule has 1 aliphatic rings. The van der Waals surface area contributed by atoms with E-state index in [9.17, 15) is 24.6 Å². The Labute approximate surface area is 141 Å². The molecule has 24 heavy (non-hydrogen) atoms. The summed E-state index contributed by atoms with van der Waals surface area (Å²) in [6, 6.07) is -0.863. The van der Waals surface area contributed by atoms with Gasteiger partial charge in [-0.3, -0.25) is 4.79 Å². The van der Waals surface area contributed by atoms with Crippen molar-refractivity contribution in [1.29, 1.82) is 0 Å². The van der Waals surface area contributed by atoms with Crippen LogP contribution in [-0.2, 0) is 19.1 Å². The quantitative estimate of drug-likeness (QED) is 0.313. The third-order valence-corrected chi connectivity index (χ3v) is 4.18. The number of aliphatic hydroxyl groups is 2. The number of aliphatic hydroxyl groups excluding tert-OH is 2. The summed E-state index contributed by atoms with van der Waals surface area (Å²) in [4.78, 5) is 35.2. The fourth-order valence-electron chi connectivity index (χ4n) is 2.77. The Morgan fingerprint density at radius 3 is 2.58 bits per heavy atom. The second-order valence-corrected chi connectivity index (χ2v) is 6.23. The van der Waals surface area contributed by atoms with Gasteiger partial charge in [-0.1, -0.05) is 26.2 Å². The molecule has 1 rings (SSSR count). The molecule has 0 aromatic carbocycles. The number of unbranched alkanes of at least 4 members (excludes halogenated alkanes) is 3. The molecule has 3 atom stereocenters. The van der Waals surface area contributed by atoms with Gasteiger partial charge in [-0.15, -0.1) is 0 Å². The van der Waals surface area contributed by atoms with E-state index in [1.54, 1.807) is 0 Å². The van der Waals surface area contributed by atoms with Crippen molar-refractivity contribution in [2.24, 2.45) is 0 Å². The summed E-state index contributed by atoms with van der Waals surface area (Å²) in [5.41, 5.74) is -1.90. The van der Waals surface area contributed by atoms with E-state index in [0.717, 1.165) is 19.3 Å². The van der Waals surface area contributed by atoms with E-state index in [-0.39, 0.29) is 25.2 Å². The summed E-state index contributed by atoms with van der Waals surface area (Å²) >= 11 is 0. The number of esters is 1. The van der Waals surface area contributed by atoms with Crippen LogP contribution in [0.4, 0.5) is 0 Å². The zero-order valence-corrected chi connectivity index (χ0v) is 14.0. The molecule has 0 spiro atoms. The average Bonchev–Trinajstić information content (AvgIpc) is 2.97. The molecule has 1 saturated heterocycles. The second-order valence-electron chi connectivity index (χ2n) is 6.23. The van der Waals surface area contributed by atoms with Gasteiger partial charge in [-0.2, -0.15) is 0 Å². The molecule has 0 bridgehead atoms. The van der Waals surface area contributed by atoms with Crippen molar-refractivity contribution in [3.05, 3.63) is 0 Å². The Bertz CT molecular complexity index is 454. The lowest BCUT2D eigenvalue weighted by Crippen LogP contribution is -2.49. The van der Waals surface area contributed by atoms with Crippen molar-refractivity contribution in [3.8, 4) is 0 Å². The summed E-state index contributed by atoms with van der Waals surface area (Å²) in [5.74, 6) is -2.45. The largest absolute Gasteiger partial charge is 0.478 e. The van der Waals surface area contributed by atoms with E-state index >= 15 is 0 Å². The van der Waals surface area contributed by atoms with Gasteiger partial charge >= 0.3 is 11.9 Å². The summed E-state index contributed by atoms with van der Waals surface area (Å²) in [7, 11) is 0. The number of carbonyl (C=O) groups excluding carboxylic acids is 2. The van der Waals surface area contributed by atoms with Gasteiger partial charge in [0.15, 0.2) is 0 Å². The normalized spacial score (nSPS) is 21.0. The van der Waals surface area contributed by atoms with Gasteiger partial charge < -0.3 is 25.4 Å². The Morgan fingerprint density at radius 2 is 2.08 bits per heavy atom. The lowest BCUT2D eigenvalue weighted by Gasteiger charge is -2.32. The summed E-state index contributed by atoms with van der Waals surface area (Å²) < 4.78 is 5.26. The van der Waals surface area contributed by atoms with E-state index in [2.05, 4.69) is 5.32 Å². The molecule has 1 fully saturated rings. The van der Waals surface area contributed by atoms with E-state index in [1.165, 1.54) is 0 Å². The molecule has 138 valence electrons. The zero-order valence-electron chi connectivity index (χ0n) is 14.0. The molecular weight excluding hydrogens is 318 g/mol. The van der Waals surface area contributed by atoms with Crippen molar-refractivity contribution in [2.45, 2.75) is 76.0 Å². The maximum absolute atomic E-state index is 12.2. The van der Waals surface area contributed by atoms with E-state index in [1.807, 2.05) is 6.92 Å². The molecule has 0 aliphatic carbocycles. The molecule has 8 heteroatoms. The van der Waals surface area contributed by atoms with Gasteiger partial charge in [-0.25, -0.2) is 9.59 Å². The van der Waals surface area contributed by atoms with Crippen LogP contribution in [-0.4, -0.2) is 57.5 Å². The number of nitrogens with one attached hydrogen (secondary N) is 1. The number of ether oxygens (including phenoxy) is 1. The fourth-order valence-corrected chi connectivity index (χ4v) is 2.77. The predicted molar refractivity (Wildman–Crippen MR) is 84.1 cm³/mol. The number of carboxylic acid groups (broad SMARTS) is 1. The number of rotatable bonds is 11. The number of carboxylic acids is 1. The summed E-state index contributed by atoms with van der Waals surface area (Å²) in [5, 5.41) is 30.8. The molecule has 8 nitrogen and oxygen atoms in total. The summed E-state index contributed by atoms with van der Waals surface area (Å²) in [6.07, 6.45) is 1.97. The molecule has 0 radical (unpaired) electrons. The highest BCUT2D eigenvalue weighted by Crippen LogP contribution is 2.28. The molecule has 0 aromatic heterocycles. The number of aliphatic carboxylic acids is 1. The van der Waals surface area contributed by atoms with Crippen LogP contribution in [0.2, 0.25) is 0 Å². The number of hydrogen-bond acceptors (Lipinski definition) is 6. The Kier molecular flexibility index (Phi) is 8.14. The Hall–Kier alpha value is -1.67. The molecule has 1 amide bonds. The summed E-state index contributed by atoms with van der Waals surface area (Å²) in [6.45, 7) is 1.39. The molecular formula is C16H27NO7. The number of hydrogen-bond donors (Lipinski definition) is 4. The third kappa shape index (κ3) is 5.76. The SMILES string of the molecule is CCCCCCC(CC(O)CO)(OC(=O)[C@@H]1CCC(=O)N1)C(=O)O. The first-order chi connectivity index (χ1) is 11.3. The van der Waals surface area contributed by atoms with Gasteiger partial charge in [0.1, 0.15) is 6.04 Å². The van der Waals surface area contributed by atoms with Gasteiger partial charge in [0.05, 0.1) is 12.7 Å². The standard InChI is InChI=1S/C16H27NO7/c1-2-3-4-5-8-16(15(22)23,9-11(19)10-18)24-14(21)12-6-7-13(20)17-12/h11-12,18-19H,2-10H2,1H3,(H,17,20)(H,22,23)/t11?,12-,16?/m0/s1. The van der Waals surface area contributed by atoms with Crippen molar-refractivity contribution in [1.82, 2.24) is 5.32 Å². The first-order valence-electron chi connectivity index (χ1n) is 8.39.